The van der Waals surface area contributed by atoms with E-state index in [9.17, 15) is 4.79 Å². The third kappa shape index (κ3) is 11.3. The molecule has 0 radical (unpaired) electrons. The highest BCUT2D eigenvalue weighted by Crippen LogP contribution is 2.12. The summed E-state index contributed by atoms with van der Waals surface area (Å²) in [5.41, 5.74) is -0.470. The number of hydrogen-bond donors (Lipinski definition) is 2. The first-order chi connectivity index (χ1) is 12.6. The molecule has 8 heteroatoms. The Morgan fingerprint density at radius 3 is 2.57 bits per heavy atom. The molecule has 1 rings (SSSR count). The lowest BCUT2D eigenvalue weighted by Crippen LogP contribution is -2.44. The summed E-state index contributed by atoms with van der Waals surface area (Å²) in [5, 5.41) is 6.35. The van der Waals surface area contributed by atoms with Gasteiger partial charge in [0.25, 0.3) is 0 Å². The van der Waals surface area contributed by atoms with Crippen molar-refractivity contribution in [1.82, 2.24) is 20.4 Å². The number of alkyl carbamates (subject to hydrolysis) is 1. The maximum atomic E-state index is 12.0. The van der Waals surface area contributed by atoms with Crippen LogP contribution >= 0.6 is 24.0 Å². The van der Waals surface area contributed by atoms with Gasteiger partial charge in [-0.3, -0.25) is 4.99 Å². The smallest absolute Gasteiger partial charge is 0.407 e. The van der Waals surface area contributed by atoms with Crippen LogP contribution < -0.4 is 10.6 Å². The van der Waals surface area contributed by atoms with Gasteiger partial charge in [0.15, 0.2) is 5.96 Å². The molecule has 0 spiro atoms. The lowest BCUT2D eigenvalue weighted by Gasteiger charge is -2.23. The van der Waals surface area contributed by atoms with Crippen LogP contribution in [0.5, 0.6) is 0 Å². The van der Waals surface area contributed by atoms with E-state index in [0.717, 1.165) is 57.9 Å². The van der Waals surface area contributed by atoms with Crippen LogP contribution in [0.3, 0.4) is 0 Å². The van der Waals surface area contributed by atoms with Crippen molar-refractivity contribution in [2.24, 2.45) is 4.99 Å². The normalized spacial score (nSPS) is 17.7. The van der Waals surface area contributed by atoms with Gasteiger partial charge in [-0.1, -0.05) is 0 Å². The Balaban J connectivity index is 0.00000729. The Hall–Kier alpha value is -0.770. The number of guanidine groups is 1. The van der Waals surface area contributed by atoms with Crippen molar-refractivity contribution in [2.75, 3.05) is 39.8 Å². The molecule has 166 valence electrons. The number of amides is 1. The topological polar surface area (TPSA) is 69.2 Å². The number of nitrogens with zero attached hydrogens (tertiary/aromatic N) is 3. The van der Waals surface area contributed by atoms with E-state index in [4.69, 9.17) is 9.73 Å². The summed E-state index contributed by atoms with van der Waals surface area (Å²) < 4.78 is 5.35. The van der Waals surface area contributed by atoms with Gasteiger partial charge >= 0.3 is 6.09 Å². The molecule has 0 saturated carbocycles. The van der Waals surface area contributed by atoms with Gasteiger partial charge in [-0.2, -0.15) is 0 Å². The van der Waals surface area contributed by atoms with Crippen LogP contribution in [0, 0.1) is 0 Å². The molecule has 0 aromatic heterocycles. The molecule has 1 aliphatic rings. The highest BCUT2D eigenvalue weighted by atomic mass is 127. The molecule has 0 bridgehead atoms. The van der Waals surface area contributed by atoms with Gasteiger partial charge in [-0.25, -0.2) is 4.79 Å². The standard InChI is InChI=1S/C20H41N5O2.HI/c1-8-21-18(22-12-9-10-13-24(7)16(2)3)25-14-11-17(15-25)23-19(26)27-20(4,5)6;/h16-17H,8-15H2,1-7H3,(H,21,22)(H,23,26);1H. The number of hydrogen-bond acceptors (Lipinski definition) is 4. The molecule has 1 atom stereocenters. The second-order valence-corrected chi connectivity index (χ2v) is 8.59. The third-order valence-electron chi connectivity index (χ3n) is 4.61. The van der Waals surface area contributed by atoms with Crippen molar-refractivity contribution in [3.05, 3.63) is 0 Å². The van der Waals surface area contributed by atoms with Crippen molar-refractivity contribution in [3.8, 4) is 0 Å². The van der Waals surface area contributed by atoms with E-state index in [0.29, 0.717) is 6.04 Å². The predicted molar refractivity (Wildman–Crippen MR) is 128 cm³/mol. The fourth-order valence-electron chi connectivity index (χ4n) is 2.89. The van der Waals surface area contributed by atoms with E-state index in [2.05, 4.69) is 48.3 Å². The molecule has 0 aromatic carbocycles. The Morgan fingerprint density at radius 2 is 2.00 bits per heavy atom. The zero-order chi connectivity index (χ0) is 20.4. The van der Waals surface area contributed by atoms with E-state index in [1.165, 1.54) is 0 Å². The number of carbonyl (C=O) groups excluding carboxylic acids is 1. The lowest BCUT2D eigenvalue weighted by atomic mass is 10.2. The molecule has 1 fully saturated rings. The first kappa shape index (κ1) is 27.2. The van der Waals surface area contributed by atoms with E-state index >= 15 is 0 Å². The second-order valence-electron chi connectivity index (χ2n) is 8.59. The van der Waals surface area contributed by atoms with E-state index in [1.807, 2.05) is 20.8 Å². The minimum Gasteiger partial charge on any atom is -0.444 e. The SMILES string of the molecule is CCNC(=NCCCCN(C)C(C)C)N1CCC(NC(=O)OC(C)(C)C)C1.I. The molecule has 2 N–H and O–H groups in total. The fourth-order valence-corrected chi connectivity index (χ4v) is 2.89. The number of carbonyl (C=O) groups is 1. The molecule has 1 heterocycles. The van der Waals surface area contributed by atoms with Crippen LogP contribution in [0.25, 0.3) is 0 Å². The minimum absolute atomic E-state index is 0. The van der Waals surface area contributed by atoms with E-state index < -0.39 is 5.60 Å². The first-order valence-corrected chi connectivity index (χ1v) is 10.4. The number of ether oxygens (including phenoxy) is 1. The van der Waals surface area contributed by atoms with Crippen molar-refractivity contribution in [1.29, 1.82) is 0 Å². The van der Waals surface area contributed by atoms with Gasteiger partial charge in [-0.15, -0.1) is 24.0 Å². The summed E-state index contributed by atoms with van der Waals surface area (Å²) in [6.45, 7) is 16.6. The Morgan fingerprint density at radius 1 is 1.32 bits per heavy atom. The molecule has 1 saturated heterocycles. The zero-order valence-corrected chi connectivity index (χ0v) is 21.2. The zero-order valence-electron chi connectivity index (χ0n) is 18.9. The van der Waals surface area contributed by atoms with Gasteiger partial charge in [0.1, 0.15) is 5.60 Å². The van der Waals surface area contributed by atoms with Crippen LogP contribution in [0.2, 0.25) is 0 Å². The maximum Gasteiger partial charge on any atom is 0.407 e. The molecule has 7 nitrogen and oxygen atoms in total. The van der Waals surface area contributed by atoms with Gasteiger partial charge < -0.3 is 25.2 Å². The molecule has 1 amide bonds. The summed E-state index contributed by atoms with van der Waals surface area (Å²) in [4.78, 5) is 21.3. The number of rotatable bonds is 8. The Labute approximate surface area is 189 Å². The average molecular weight is 511 g/mol. The molecular formula is C20H42IN5O2. The molecule has 1 aliphatic heterocycles. The highest BCUT2D eigenvalue weighted by Gasteiger charge is 2.27. The molecule has 28 heavy (non-hydrogen) atoms. The highest BCUT2D eigenvalue weighted by molar-refractivity contribution is 14.0. The first-order valence-electron chi connectivity index (χ1n) is 10.4. The Bertz CT molecular complexity index is 480. The van der Waals surface area contributed by atoms with Crippen LogP contribution in [-0.2, 0) is 4.74 Å². The van der Waals surface area contributed by atoms with Crippen molar-refractivity contribution in [2.45, 2.75) is 78.5 Å². The Kier molecular flexibility index (Phi) is 13.1. The number of unbranched alkanes of at least 4 members (excludes halogenated alkanes) is 1. The van der Waals surface area contributed by atoms with Crippen molar-refractivity contribution < 1.29 is 9.53 Å². The molecule has 1 unspecified atom stereocenters. The lowest BCUT2D eigenvalue weighted by molar-refractivity contribution is 0.0507. The molecular weight excluding hydrogens is 469 g/mol. The molecule has 0 aliphatic carbocycles. The maximum absolute atomic E-state index is 12.0. The van der Waals surface area contributed by atoms with Crippen molar-refractivity contribution in [3.63, 3.8) is 0 Å². The number of halogens is 1. The average Bonchev–Trinajstić information content (AvgIpc) is 2.99. The second kappa shape index (κ2) is 13.5. The summed E-state index contributed by atoms with van der Waals surface area (Å²) in [6.07, 6.45) is 2.80. The van der Waals surface area contributed by atoms with Gasteiger partial charge in [0.05, 0.1) is 6.04 Å². The fraction of sp³-hybridized carbons (Fsp3) is 0.900. The van der Waals surface area contributed by atoms with Crippen LogP contribution in [0.1, 0.15) is 60.8 Å². The number of nitrogens with one attached hydrogen (secondary N) is 2. The van der Waals surface area contributed by atoms with E-state index in [-0.39, 0.29) is 36.1 Å². The van der Waals surface area contributed by atoms with Crippen molar-refractivity contribution >= 4 is 36.0 Å². The largest absolute Gasteiger partial charge is 0.444 e. The summed E-state index contributed by atoms with van der Waals surface area (Å²) in [6, 6.07) is 0.688. The van der Waals surface area contributed by atoms with E-state index in [1.54, 1.807) is 0 Å². The number of likely N-dealkylation sites (tertiary alicyclic amines) is 1. The number of aliphatic imine (C=N–C) groups is 1. The molecule has 0 aromatic rings. The summed E-state index contributed by atoms with van der Waals surface area (Å²) in [5.74, 6) is 0.947. The quantitative estimate of drug-likeness (QED) is 0.227. The predicted octanol–water partition coefficient (Wildman–Crippen LogP) is 3.29. The summed E-state index contributed by atoms with van der Waals surface area (Å²) >= 11 is 0. The monoisotopic (exact) mass is 511 g/mol. The summed E-state index contributed by atoms with van der Waals surface area (Å²) in [7, 11) is 2.17. The van der Waals surface area contributed by atoms with Crippen LogP contribution in [0.15, 0.2) is 4.99 Å². The van der Waals surface area contributed by atoms with Gasteiger partial charge in [0.2, 0.25) is 0 Å². The minimum atomic E-state index is -0.470. The van der Waals surface area contributed by atoms with Crippen LogP contribution in [0.4, 0.5) is 4.79 Å². The van der Waals surface area contributed by atoms with Crippen LogP contribution in [-0.4, -0.2) is 79.3 Å². The van der Waals surface area contributed by atoms with Gasteiger partial charge in [-0.05, 0) is 74.4 Å². The third-order valence-corrected chi connectivity index (χ3v) is 4.61. The van der Waals surface area contributed by atoms with Gasteiger partial charge in [0, 0.05) is 32.2 Å².